The van der Waals surface area contributed by atoms with Crippen molar-refractivity contribution in [3.63, 3.8) is 0 Å². The predicted octanol–water partition coefficient (Wildman–Crippen LogP) is 7.51. The molecule has 4 aromatic carbocycles. The number of ether oxygens (including phenoxy) is 4. The van der Waals surface area contributed by atoms with E-state index in [0.29, 0.717) is 25.8 Å². The molecule has 0 aromatic heterocycles. The first kappa shape index (κ1) is 39.0. The van der Waals surface area contributed by atoms with Crippen LogP contribution < -0.4 is 14.8 Å². The van der Waals surface area contributed by atoms with E-state index >= 15 is 0 Å². The lowest BCUT2D eigenvalue weighted by molar-refractivity contribution is -0.253. The van der Waals surface area contributed by atoms with Gasteiger partial charge in [-0.25, -0.2) is 0 Å². The van der Waals surface area contributed by atoms with Gasteiger partial charge in [0, 0.05) is 51.0 Å². The number of carbonyl (C=O) groups is 2. The van der Waals surface area contributed by atoms with Crippen molar-refractivity contribution in [3.8, 4) is 22.6 Å². The lowest BCUT2D eigenvalue weighted by atomic mass is 9.96. The predicted molar refractivity (Wildman–Crippen MR) is 206 cm³/mol. The number of hydrogen-bond donors (Lipinski definition) is 3. The third-order valence-corrected chi connectivity index (χ3v) is 10.3. The average Bonchev–Trinajstić information content (AvgIpc) is 3.20. The second kappa shape index (κ2) is 19.0. The number of carboxylic acids is 1. The van der Waals surface area contributed by atoms with Crippen LogP contribution in [0.4, 0.5) is 0 Å². The molecule has 2 aliphatic rings. The number of aliphatic hydroxyl groups is 1. The Morgan fingerprint density at radius 2 is 1.50 bits per heavy atom. The molecule has 6 rings (SSSR count). The van der Waals surface area contributed by atoms with Gasteiger partial charge in [0.15, 0.2) is 17.8 Å². The molecule has 2 heterocycles. The Morgan fingerprint density at radius 3 is 2.22 bits per heavy atom. The molecule has 0 unspecified atom stereocenters. The average molecular weight is 737 g/mol. The fraction of sp³-hybridized carbons (Fsp3) is 0.409. The number of aliphatic hydroxyl groups excluding tert-OH is 1. The summed E-state index contributed by atoms with van der Waals surface area (Å²) in [6.07, 6.45) is 4.40. The summed E-state index contributed by atoms with van der Waals surface area (Å²) in [5, 5.41) is 21.5. The smallest absolute Gasteiger partial charge is 0.303 e. The fourth-order valence-corrected chi connectivity index (χ4v) is 7.35. The SMILES string of the molecule is COc1cc2c(cc1OC)CN(C[C@H]1C[C@@H](c3ccc(CO)cc3)O[C@@H](c3cccc(-c4cccc(CNC(=O)CCCCCCC(=O)O)c4)c3)O1)CC2. The molecule has 2 aliphatic heterocycles. The summed E-state index contributed by atoms with van der Waals surface area (Å²) >= 11 is 0. The van der Waals surface area contributed by atoms with Gasteiger partial charge in [0.2, 0.25) is 5.91 Å². The van der Waals surface area contributed by atoms with E-state index in [1.165, 1.54) is 11.1 Å². The number of aliphatic carboxylic acids is 1. The largest absolute Gasteiger partial charge is 0.493 e. The fourth-order valence-electron chi connectivity index (χ4n) is 7.35. The topological polar surface area (TPSA) is 127 Å². The van der Waals surface area contributed by atoms with Crippen molar-refractivity contribution < 1.29 is 38.7 Å². The van der Waals surface area contributed by atoms with Gasteiger partial charge in [-0.2, -0.15) is 0 Å². The number of hydrogen-bond acceptors (Lipinski definition) is 8. The van der Waals surface area contributed by atoms with Gasteiger partial charge in [0.05, 0.1) is 33.0 Å². The number of benzene rings is 4. The summed E-state index contributed by atoms with van der Waals surface area (Å²) in [5.41, 5.74) is 8.41. The van der Waals surface area contributed by atoms with Crippen molar-refractivity contribution in [2.45, 2.75) is 89.6 Å². The van der Waals surface area contributed by atoms with Gasteiger partial charge in [-0.3, -0.25) is 14.5 Å². The molecule has 10 heteroatoms. The number of methoxy groups -OCH3 is 2. The Kier molecular flexibility index (Phi) is 13.7. The summed E-state index contributed by atoms with van der Waals surface area (Å²) in [6, 6.07) is 28.6. The minimum atomic E-state index is -0.777. The van der Waals surface area contributed by atoms with E-state index in [0.717, 1.165) is 90.2 Å². The second-order valence-electron chi connectivity index (χ2n) is 14.2. The van der Waals surface area contributed by atoms with E-state index in [2.05, 4.69) is 46.6 Å². The number of carboxylic acid groups (broad SMARTS) is 1. The number of rotatable bonds is 17. The minimum absolute atomic E-state index is 0.00365. The Labute approximate surface area is 318 Å². The van der Waals surface area contributed by atoms with E-state index in [1.54, 1.807) is 14.2 Å². The Hall–Kier alpha value is -4.74. The van der Waals surface area contributed by atoms with Crippen LogP contribution in [0.15, 0.2) is 84.9 Å². The highest BCUT2D eigenvalue weighted by molar-refractivity contribution is 5.76. The summed E-state index contributed by atoms with van der Waals surface area (Å²) in [7, 11) is 3.34. The van der Waals surface area contributed by atoms with E-state index in [1.807, 2.05) is 48.5 Å². The number of carbonyl (C=O) groups excluding carboxylic acids is 1. The van der Waals surface area contributed by atoms with Gasteiger partial charge in [-0.05, 0) is 82.5 Å². The van der Waals surface area contributed by atoms with Crippen molar-refractivity contribution in [2.75, 3.05) is 27.3 Å². The van der Waals surface area contributed by atoms with E-state index in [4.69, 9.17) is 24.1 Å². The molecule has 54 heavy (non-hydrogen) atoms. The maximum atomic E-state index is 12.5. The quantitative estimate of drug-likeness (QED) is 0.0945. The highest BCUT2D eigenvalue weighted by atomic mass is 16.7. The summed E-state index contributed by atoms with van der Waals surface area (Å²) < 4.78 is 24.6. The molecule has 3 N–H and O–H groups in total. The number of nitrogens with one attached hydrogen (secondary N) is 1. The van der Waals surface area contributed by atoms with Crippen molar-refractivity contribution in [2.24, 2.45) is 0 Å². The van der Waals surface area contributed by atoms with Gasteiger partial charge in [-0.1, -0.05) is 73.5 Å². The summed E-state index contributed by atoms with van der Waals surface area (Å²) in [4.78, 5) is 25.6. The van der Waals surface area contributed by atoms with Crippen molar-refractivity contribution in [3.05, 3.63) is 118 Å². The van der Waals surface area contributed by atoms with Crippen LogP contribution in [-0.2, 0) is 45.2 Å². The molecule has 0 aliphatic carbocycles. The lowest BCUT2D eigenvalue weighted by Gasteiger charge is -2.39. The Bertz CT molecular complexity index is 1860. The molecule has 1 saturated heterocycles. The minimum Gasteiger partial charge on any atom is -0.493 e. The molecule has 1 fully saturated rings. The number of unbranched alkanes of at least 4 members (excludes halogenated alkanes) is 3. The zero-order valence-corrected chi connectivity index (χ0v) is 31.3. The van der Waals surface area contributed by atoms with Crippen molar-refractivity contribution in [1.82, 2.24) is 10.2 Å². The van der Waals surface area contributed by atoms with E-state index in [9.17, 15) is 14.7 Å². The monoisotopic (exact) mass is 736 g/mol. The van der Waals surface area contributed by atoms with Gasteiger partial charge >= 0.3 is 5.97 Å². The first-order chi connectivity index (χ1) is 26.3. The molecular formula is C44H52N2O8. The highest BCUT2D eigenvalue weighted by Crippen LogP contribution is 2.40. The number of amides is 1. The third-order valence-electron chi connectivity index (χ3n) is 10.3. The third kappa shape index (κ3) is 10.5. The normalized spacial score (nSPS) is 18.5. The van der Waals surface area contributed by atoms with Gasteiger partial charge in [0.25, 0.3) is 0 Å². The van der Waals surface area contributed by atoms with Crippen LogP contribution in [-0.4, -0.2) is 60.4 Å². The summed E-state index contributed by atoms with van der Waals surface area (Å²) in [6.45, 7) is 2.87. The molecule has 286 valence electrons. The molecule has 0 saturated carbocycles. The van der Waals surface area contributed by atoms with Crippen LogP contribution in [0.25, 0.3) is 11.1 Å². The molecule has 3 atom stereocenters. The molecule has 0 bridgehead atoms. The van der Waals surface area contributed by atoms with Gasteiger partial charge in [0.1, 0.15) is 0 Å². The van der Waals surface area contributed by atoms with Crippen LogP contribution in [0.3, 0.4) is 0 Å². The standard InChI is InChI=1S/C44H52N2O8/c1-51-40-23-35-19-20-46(27-37(35)24-41(40)52-2)28-38-25-39(32-17-15-30(29-47)16-18-32)54-44(53-38)36-12-8-11-34(22-36)33-10-7-9-31(21-33)26-45-42(48)13-5-3-4-6-14-43(49)50/h7-12,15-18,21-24,38-39,44,47H,3-6,13-14,19-20,25-29H2,1-2H3,(H,45,48)(H,49,50)/t38-,39+,44+/m1/s1. The summed E-state index contributed by atoms with van der Waals surface area (Å²) in [5.74, 6) is 0.711. The lowest BCUT2D eigenvalue weighted by Crippen LogP contribution is -2.41. The Balaban J connectivity index is 1.13. The van der Waals surface area contributed by atoms with Gasteiger partial charge < -0.3 is 34.5 Å². The van der Waals surface area contributed by atoms with Gasteiger partial charge in [-0.15, -0.1) is 0 Å². The van der Waals surface area contributed by atoms with Crippen LogP contribution in [0.5, 0.6) is 11.5 Å². The molecular weight excluding hydrogens is 684 g/mol. The first-order valence-corrected chi connectivity index (χ1v) is 19.0. The van der Waals surface area contributed by atoms with E-state index in [-0.39, 0.29) is 31.1 Å². The molecule has 1 amide bonds. The van der Waals surface area contributed by atoms with Crippen molar-refractivity contribution >= 4 is 11.9 Å². The Morgan fingerprint density at radius 1 is 0.796 bits per heavy atom. The number of nitrogens with zero attached hydrogens (tertiary/aromatic N) is 1. The molecule has 4 aromatic rings. The number of fused-ring (bicyclic) bond motifs is 1. The maximum absolute atomic E-state index is 12.5. The van der Waals surface area contributed by atoms with Crippen LogP contribution in [0, 0.1) is 0 Å². The van der Waals surface area contributed by atoms with Crippen molar-refractivity contribution in [1.29, 1.82) is 0 Å². The van der Waals surface area contributed by atoms with Crippen LogP contribution in [0.2, 0.25) is 0 Å². The van der Waals surface area contributed by atoms with Crippen LogP contribution in [0.1, 0.15) is 90.7 Å². The molecule has 0 radical (unpaired) electrons. The highest BCUT2D eigenvalue weighted by Gasteiger charge is 2.34. The molecule has 0 spiro atoms. The maximum Gasteiger partial charge on any atom is 0.303 e. The first-order valence-electron chi connectivity index (χ1n) is 19.0. The second-order valence-corrected chi connectivity index (χ2v) is 14.2. The van der Waals surface area contributed by atoms with Crippen LogP contribution >= 0.6 is 0 Å². The zero-order chi connectivity index (χ0) is 37.9. The molecule has 10 nitrogen and oxygen atoms in total. The van der Waals surface area contributed by atoms with E-state index < -0.39 is 12.3 Å². The zero-order valence-electron chi connectivity index (χ0n) is 31.3.